The molecule has 1 aliphatic rings. The van der Waals surface area contributed by atoms with Gasteiger partial charge in [-0.25, -0.2) is 0 Å². The van der Waals surface area contributed by atoms with Crippen LogP contribution in [0.5, 0.6) is 0 Å². The van der Waals surface area contributed by atoms with Gasteiger partial charge in [0, 0.05) is 16.4 Å². The number of amides is 1. The maximum Gasteiger partial charge on any atom is 0.279 e. The molecule has 2 aromatic carbocycles. The zero-order valence-corrected chi connectivity index (χ0v) is 17.9. The van der Waals surface area contributed by atoms with Crippen molar-refractivity contribution in [2.75, 3.05) is 42.9 Å². The lowest BCUT2D eigenvalue weighted by molar-refractivity contribution is -0.892. The molecule has 0 unspecified atom stereocenters. The number of nitrogens with zero attached hydrogens (tertiary/aromatic N) is 1. The average molecular weight is 401 g/mol. The molecule has 0 saturated carbocycles. The summed E-state index contributed by atoms with van der Waals surface area (Å²) < 4.78 is 0. The minimum absolute atomic E-state index is 0.109. The van der Waals surface area contributed by atoms with Crippen LogP contribution in [0.1, 0.15) is 30.5 Å². The minimum atomic E-state index is 0.109. The van der Waals surface area contributed by atoms with E-state index in [1.54, 1.807) is 0 Å². The Kier molecular flexibility index (Phi) is 6.97. The summed E-state index contributed by atoms with van der Waals surface area (Å²) in [6.07, 6.45) is 1.85. The van der Waals surface area contributed by atoms with Gasteiger partial charge in [0.2, 0.25) is 0 Å². The molecular formula is C23H31ClN3O+. The molecule has 150 valence electrons. The second-order valence-corrected chi connectivity index (χ2v) is 7.99. The molecule has 0 aromatic heterocycles. The van der Waals surface area contributed by atoms with Crippen molar-refractivity contribution in [2.24, 2.45) is 0 Å². The molecule has 4 nitrogen and oxygen atoms in total. The Labute approximate surface area is 173 Å². The van der Waals surface area contributed by atoms with Gasteiger partial charge in [-0.15, -0.1) is 0 Å². The molecule has 5 heteroatoms. The van der Waals surface area contributed by atoms with Crippen LogP contribution in [0.3, 0.4) is 0 Å². The number of hydrogen-bond acceptors (Lipinski definition) is 2. The van der Waals surface area contributed by atoms with Gasteiger partial charge in [-0.3, -0.25) is 4.79 Å². The molecule has 28 heavy (non-hydrogen) atoms. The van der Waals surface area contributed by atoms with Gasteiger partial charge in [-0.05, 0) is 48.6 Å². The highest BCUT2D eigenvalue weighted by molar-refractivity contribution is 6.30. The number of rotatable bonds is 6. The van der Waals surface area contributed by atoms with E-state index in [2.05, 4.69) is 55.3 Å². The van der Waals surface area contributed by atoms with Crippen LogP contribution in [0.15, 0.2) is 36.4 Å². The number of carbonyl (C=O) groups excluding carboxylic acids is 1. The third-order valence-electron chi connectivity index (χ3n) is 5.66. The first-order valence-corrected chi connectivity index (χ1v) is 10.6. The largest absolute Gasteiger partial charge is 0.360 e. The summed E-state index contributed by atoms with van der Waals surface area (Å²) in [5.41, 5.74) is 5.90. The van der Waals surface area contributed by atoms with Crippen molar-refractivity contribution in [1.82, 2.24) is 0 Å². The van der Waals surface area contributed by atoms with E-state index in [1.807, 2.05) is 12.1 Å². The number of quaternary nitrogens is 1. The van der Waals surface area contributed by atoms with E-state index in [-0.39, 0.29) is 5.91 Å². The van der Waals surface area contributed by atoms with Crippen LogP contribution >= 0.6 is 11.6 Å². The summed E-state index contributed by atoms with van der Waals surface area (Å²) in [7, 11) is 0. The standard InChI is InChI=1S/C23H30ClN3O/c1-4-18-7-6-8-19(5-2)23(18)25-22(28)16-26-11-13-27(14-12-26)21-15-20(24)10-9-17(21)3/h6-10,15H,4-5,11-14,16H2,1-3H3,(H,25,28)/p+1. The zero-order chi connectivity index (χ0) is 20.1. The van der Waals surface area contributed by atoms with Gasteiger partial charge in [0.05, 0.1) is 26.2 Å². The second-order valence-electron chi connectivity index (χ2n) is 7.55. The fourth-order valence-electron chi connectivity index (χ4n) is 3.98. The van der Waals surface area contributed by atoms with Crippen molar-refractivity contribution >= 4 is 28.9 Å². The molecule has 0 radical (unpaired) electrons. The number of aryl methyl sites for hydroxylation is 3. The van der Waals surface area contributed by atoms with Crippen molar-refractivity contribution < 1.29 is 9.69 Å². The second kappa shape index (κ2) is 9.44. The minimum Gasteiger partial charge on any atom is -0.360 e. The first-order chi connectivity index (χ1) is 13.5. The van der Waals surface area contributed by atoms with Crippen molar-refractivity contribution in [3.63, 3.8) is 0 Å². The Hall–Kier alpha value is -2.04. The third kappa shape index (κ3) is 4.86. The van der Waals surface area contributed by atoms with Crippen molar-refractivity contribution in [3.05, 3.63) is 58.1 Å². The molecule has 1 amide bonds. The van der Waals surface area contributed by atoms with Crippen LogP contribution in [0.25, 0.3) is 0 Å². The van der Waals surface area contributed by atoms with Crippen LogP contribution in [-0.4, -0.2) is 38.6 Å². The fraction of sp³-hybridized carbons (Fsp3) is 0.435. The van der Waals surface area contributed by atoms with E-state index in [9.17, 15) is 4.79 Å². The number of hydrogen-bond donors (Lipinski definition) is 2. The number of anilines is 2. The van der Waals surface area contributed by atoms with E-state index in [0.717, 1.165) is 49.7 Å². The molecule has 3 rings (SSSR count). The molecular weight excluding hydrogens is 370 g/mol. The first kappa shape index (κ1) is 20.7. The van der Waals surface area contributed by atoms with E-state index in [4.69, 9.17) is 11.6 Å². The topological polar surface area (TPSA) is 36.8 Å². The summed E-state index contributed by atoms with van der Waals surface area (Å²) in [5, 5.41) is 3.97. The van der Waals surface area contributed by atoms with E-state index in [1.165, 1.54) is 27.3 Å². The molecule has 0 bridgehead atoms. The quantitative estimate of drug-likeness (QED) is 0.781. The van der Waals surface area contributed by atoms with E-state index in [0.29, 0.717) is 6.54 Å². The Bertz CT molecular complexity index is 806. The van der Waals surface area contributed by atoms with Gasteiger partial charge in [-0.1, -0.05) is 49.7 Å². The predicted octanol–water partition coefficient (Wildman–Crippen LogP) is 3.12. The maximum absolute atomic E-state index is 12.7. The molecule has 2 N–H and O–H groups in total. The van der Waals surface area contributed by atoms with Gasteiger partial charge in [0.1, 0.15) is 0 Å². The summed E-state index contributed by atoms with van der Waals surface area (Å²) in [4.78, 5) is 16.4. The highest BCUT2D eigenvalue weighted by atomic mass is 35.5. The molecule has 0 spiro atoms. The smallest absolute Gasteiger partial charge is 0.279 e. The molecule has 1 aliphatic heterocycles. The van der Waals surface area contributed by atoms with Gasteiger partial charge >= 0.3 is 0 Å². The highest BCUT2D eigenvalue weighted by Gasteiger charge is 2.24. The van der Waals surface area contributed by atoms with Crippen molar-refractivity contribution in [1.29, 1.82) is 0 Å². The van der Waals surface area contributed by atoms with Gasteiger partial charge < -0.3 is 15.1 Å². The maximum atomic E-state index is 12.7. The molecule has 0 aliphatic carbocycles. The Morgan fingerprint density at radius 3 is 2.36 bits per heavy atom. The zero-order valence-electron chi connectivity index (χ0n) is 17.1. The summed E-state index contributed by atoms with van der Waals surface area (Å²) in [6.45, 7) is 10.7. The SMILES string of the molecule is CCc1cccc(CC)c1NC(=O)C[NH+]1CCN(c2cc(Cl)ccc2C)CC1. The molecule has 1 saturated heterocycles. The lowest BCUT2D eigenvalue weighted by Crippen LogP contribution is -3.15. The summed E-state index contributed by atoms with van der Waals surface area (Å²) >= 11 is 6.18. The van der Waals surface area contributed by atoms with Crippen LogP contribution < -0.4 is 15.1 Å². The molecule has 2 aromatic rings. The molecule has 1 heterocycles. The van der Waals surface area contributed by atoms with Crippen LogP contribution in [0.2, 0.25) is 5.02 Å². The number of piperazine rings is 1. The van der Waals surface area contributed by atoms with Crippen molar-refractivity contribution in [2.45, 2.75) is 33.6 Å². The van der Waals surface area contributed by atoms with E-state index < -0.39 is 0 Å². The van der Waals surface area contributed by atoms with Gasteiger partial charge in [0.15, 0.2) is 6.54 Å². The number of halogens is 1. The van der Waals surface area contributed by atoms with Gasteiger partial charge in [-0.2, -0.15) is 0 Å². The number of para-hydroxylation sites is 1. The summed E-state index contributed by atoms with van der Waals surface area (Å²) in [5.74, 6) is 0.109. The monoisotopic (exact) mass is 400 g/mol. The summed E-state index contributed by atoms with van der Waals surface area (Å²) in [6, 6.07) is 12.3. The normalized spacial score (nSPS) is 14.9. The number of nitrogens with one attached hydrogen (secondary N) is 2. The lowest BCUT2D eigenvalue weighted by Gasteiger charge is -2.34. The van der Waals surface area contributed by atoms with E-state index >= 15 is 0 Å². The Balaban J connectivity index is 1.58. The van der Waals surface area contributed by atoms with Crippen LogP contribution in [0.4, 0.5) is 11.4 Å². The average Bonchev–Trinajstić information content (AvgIpc) is 2.70. The van der Waals surface area contributed by atoms with Gasteiger partial charge in [0.25, 0.3) is 5.91 Å². The third-order valence-corrected chi connectivity index (χ3v) is 5.89. The van der Waals surface area contributed by atoms with Crippen LogP contribution in [0, 0.1) is 6.92 Å². The Morgan fingerprint density at radius 1 is 1.11 bits per heavy atom. The Morgan fingerprint density at radius 2 is 1.75 bits per heavy atom. The predicted molar refractivity (Wildman–Crippen MR) is 118 cm³/mol. The number of carbonyl (C=O) groups is 1. The van der Waals surface area contributed by atoms with Crippen LogP contribution in [-0.2, 0) is 17.6 Å². The lowest BCUT2D eigenvalue weighted by atomic mass is 10.0. The number of benzene rings is 2. The first-order valence-electron chi connectivity index (χ1n) is 10.3. The molecule has 1 fully saturated rings. The molecule has 0 atom stereocenters. The highest BCUT2D eigenvalue weighted by Crippen LogP contribution is 2.24. The fourth-order valence-corrected chi connectivity index (χ4v) is 4.14. The van der Waals surface area contributed by atoms with Crippen molar-refractivity contribution in [3.8, 4) is 0 Å².